The third kappa shape index (κ3) is 9.31. The van der Waals surface area contributed by atoms with Crippen LogP contribution in [0, 0.1) is 5.41 Å². The quantitative estimate of drug-likeness (QED) is 0.364. The first kappa shape index (κ1) is 24.3. The van der Waals surface area contributed by atoms with Crippen LogP contribution >= 0.6 is 11.6 Å². The van der Waals surface area contributed by atoms with Gasteiger partial charge in [0.25, 0.3) is 0 Å². The highest BCUT2D eigenvalue weighted by molar-refractivity contribution is 6.30. The van der Waals surface area contributed by atoms with Crippen molar-refractivity contribution in [3.05, 3.63) is 34.9 Å². The molecule has 0 unspecified atom stereocenters. The molecule has 4 N–H and O–H groups in total. The second-order valence-corrected chi connectivity index (χ2v) is 6.70. The highest BCUT2D eigenvalue weighted by Crippen LogP contribution is 2.09. The Kier molecular flexibility index (Phi) is 10.6. The fourth-order valence-corrected chi connectivity index (χ4v) is 2.54. The van der Waals surface area contributed by atoms with Crippen molar-refractivity contribution >= 4 is 41.3 Å². The number of hydrogen-bond acceptors (Lipinski definition) is 6. The molecule has 1 rings (SSSR count). The van der Waals surface area contributed by atoms with Gasteiger partial charge in [-0.05, 0) is 24.1 Å². The average molecular weight is 425 g/mol. The number of hydrogen-bond donors (Lipinski definition) is 4. The van der Waals surface area contributed by atoms with Crippen molar-refractivity contribution in [2.24, 2.45) is 0 Å². The minimum atomic E-state index is -1.02. The summed E-state index contributed by atoms with van der Waals surface area (Å²) in [5.74, 6) is -2.00. The first-order valence-corrected chi connectivity index (χ1v) is 9.26. The predicted molar refractivity (Wildman–Crippen MR) is 108 cm³/mol. The highest BCUT2D eigenvalue weighted by Gasteiger charge is 2.26. The van der Waals surface area contributed by atoms with Crippen LogP contribution in [0.25, 0.3) is 0 Å². The van der Waals surface area contributed by atoms with E-state index in [4.69, 9.17) is 21.7 Å². The van der Waals surface area contributed by atoms with Crippen molar-refractivity contribution in [2.45, 2.75) is 38.4 Å². The zero-order valence-corrected chi connectivity index (χ0v) is 17.0. The first-order chi connectivity index (χ1) is 13.8. The van der Waals surface area contributed by atoms with Gasteiger partial charge in [0.1, 0.15) is 12.1 Å². The fraction of sp³-hybridized carbons (Fsp3) is 0.421. The van der Waals surface area contributed by atoms with Crippen LogP contribution in [0.4, 0.5) is 0 Å². The molecule has 0 saturated carbocycles. The molecule has 0 aliphatic heterocycles. The van der Waals surface area contributed by atoms with Crippen molar-refractivity contribution in [1.82, 2.24) is 16.0 Å². The molecule has 0 aliphatic carbocycles. The lowest BCUT2D eigenvalue weighted by Crippen LogP contribution is -2.54. The summed E-state index contributed by atoms with van der Waals surface area (Å²) in [7, 11) is 1.38. The molecule has 0 heterocycles. The summed E-state index contributed by atoms with van der Waals surface area (Å²) in [6.07, 6.45) is 0.583. The Morgan fingerprint density at radius 1 is 1.10 bits per heavy atom. The van der Waals surface area contributed by atoms with Crippen LogP contribution in [-0.2, 0) is 30.5 Å². The lowest BCUT2D eigenvalue weighted by atomic mass is 10.1. The second kappa shape index (κ2) is 12.6. The minimum absolute atomic E-state index is 0.00613. The largest absolute Gasteiger partial charge is 0.382 e. The summed E-state index contributed by atoms with van der Waals surface area (Å²) in [6, 6.07) is 4.87. The summed E-state index contributed by atoms with van der Waals surface area (Å²) >= 11 is 5.83. The summed E-state index contributed by atoms with van der Waals surface area (Å²) in [5, 5.41) is 15.2. The molecule has 0 bridgehead atoms. The number of amides is 3. The molecular weight excluding hydrogens is 400 g/mol. The van der Waals surface area contributed by atoms with Crippen LogP contribution in [0.5, 0.6) is 0 Å². The zero-order chi connectivity index (χ0) is 21.8. The number of ketones is 1. The van der Waals surface area contributed by atoms with Gasteiger partial charge in [-0.2, -0.15) is 0 Å². The number of Topliss-reactive ketones (excluding diaryl/α,β-unsaturated/α-hetero) is 1. The van der Waals surface area contributed by atoms with Crippen LogP contribution in [0.2, 0.25) is 5.02 Å². The number of methoxy groups -OCH3 is 1. The van der Waals surface area contributed by atoms with E-state index < -0.39 is 35.6 Å². The van der Waals surface area contributed by atoms with Crippen molar-refractivity contribution < 1.29 is 23.9 Å². The number of carbonyl (C=O) groups is 4. The lowest BCUT2D eigenvalue weighted by molar-refractivity contribution is -0.133. The lowest BCUT2D eigenvalue weighted by Gasteiger charge is -2.22. The maximum atomic E-state index is 12.6. The smallest absolute Gasteiger partial charge is 0.245 e. The Hall–Kier alpha value is -2.78. The van der Waals surface area contributed by atoms with Gasteiger partial charge in [0, 0.05) is 32.0 Å². The normalized spacial score (nSPS) is 12.4. The Labute approximate surface area is 174 Å². The van der Waals surface area contributed by atoms with Crippen LogP contribution < -0.4 is 16.0 Å². The van der Waals surface area contributed by atoms with E-state index in [1.165, 1.54) is 14.0 Å². The maximum absolute atomic E-state index is 12.6. The van der Waals surface area contributed by atoms with E-state index in [1.54, 1.807) is 24.3 Å². The van der Waals surface area contributed by atoms with E-state index in [9.17, 15) is 19.2 Å². The van der Waals surface area contributed by atoms with E-state index in [0.717, 1.165) is 5.56 Å². The van der Waals surface area contributed by atoms with E-state index in [0.29, 0.717) is 11.2 Å². The topological polar surface area (TPSA) is 137 Å². The molecule has 2 atom stereocenters. The molecule has 0 fully saturated rings. The Morgan fingerprint density at radius 3 is 2.31 bits per heavy atom. The van der Waals surface area contributed by atoms with Gasteiger partial charge in [0.05, 0.1) is 12.8 Å². The van der Waals surface area contributed by atoms with Crippen molar-refractivity contribution in [3.8, 4) is 0 Å². The van der Waals surface area contributed by atoms with Crippen molar-refractivity contribution in [3.63, 3.8) is 0 Å². The number of ether oxygens (including phenoxy) is 1. The van der Waals surface area contributed by atoms with Crippen LogP contribution in [0.15, 0.2) is 24.3 Å². The summed E-state index contributed by atoms with van der Waals surface area (Å²) < 4.78 is 4.93. The zero-order valence-electron chi connectivity index (χ0n) is 16.3. The average Bonchev–Trinajstić information content (AvgIpc) is 2.69. The van der Waals surface area contributed by atoms with Gasteiger partial charge >= 0.3 is 0 Å². The molecule has 1 aromatic rings. The van der Waals surface area contributed by atoms with Gasteiger partial charge in [-0.25, -0.2) is 0 Å². The van der Waals surface area contributed by atoms with Gasteiger partial charge in [0.15, 0.2) is 5.78 Å². The molecule has 158 valence electrons. The summed E-state index contributed by atoms with van der Waals surface area (Å²) in [4.78, 5) is 47.8. The molecule has 0 spiro atoms. The highest BCUT2D eigenvalue weighted by atomic mass is 35.5. The van der Waals surface area contributed by atoms with Crippen LogP contribution in [0.1, 0.15) is 25.3 Å². The van der Waals surface area contributed by atoms with Gasteiger partial charge in [-0.15, -0.1) is 0 Å². The molecule has 1 aromatic carbocycles. The van der Waals surface area contributed by atoms with Gasteiger partial charge in [-0.1, -0.05) is 23.7 Å². The fourth-order valence-electron chi connectivity index (χ4n) is 2.41. The molecule has 10 heteroatoms. The first-order valence-electron chi connectivity index (χ1n) is 8.88. The molecular formula is C19H25ClN4O5. The molecule has 0 aromatic heterocycles. The number of halogens is 1. The standard InChI is InChI=1S/C19H25ClN4O5/c1-12(25)23-17(11-29-2)19(28)24-16(8-7-15(26)9-21)18(27)22-10-13-3-5-14(20)6-4-13/h3-6,9,16-17,21H,7-8,10-11H2,1-2H3,(H,22,27)(H,23,25)(H,24,28)/t16-,17-/m0/s1. The predicted octanol–water partition coefficient (Wildman–Crippen LogP) is 0.591. The number of rotatable bonds is 12. The van der Waals surface area contributed by atoms with Gasteiger partial charge in [0.2, 0.25) is 17.7 Å². The summed E-state index contributed by atoms with van der Waals surface area (Å²) in [5.41, 5.74) is 0.805. The number of nitrogens with one attached hydrogen (secondary N) is 4. The third-order valence-electron chi connectivity index (χ3n) is 3.88. The Morgan fingerprint density at radius 2 is 1.76 bits per heavy atom. The van der Waals surface area contributed by atoms with E-state index in [1.807, 2.05) is 0 Å². The van der Waals surface area contributed by atoms with Gasteiger partial charge < -0.3 is 26.1 Å². The minimum Gasteiger partial charge on any atom is -0.382 e. The monoisotopic (exact) mass is 424 g/mol. The Balaban J connectivity index is 2.81. The van der Waals surface area contributed by atoms with Crippen LogP contribution in [-0.4, -0.2) is 55.5 Å². The van der Waals surface area contributed by atoms with E-state index >= 15 is 0 Å². The number of carbonyl (C=O) groups excluding carboxylic acids is 4. The second-order valence-electron chi connectivity index (χ2n) is 6.26. The van der Waals surface area contributed by atoms with E-state index in [2.05, 4.69) is 16.0 Å². The van der Waals surface area contributed by atoms with Crippen molar-refractivity contribution in [2.75, 3.05) is 13.7 Å². The number of benzene rings is 1. The molecule has 9 nitrogen and oxygen atoms in total. The van der Waals surface area contributed by atoms with Gasteiger partial charge in [-0.3, -0.25) is 19.2 Å². The maximum Gasteiger partial charge on any atom is 0.245 e. The SMILES string of the molecule is COC[C@H](NC(C)=O)C(=O)N[C@@H](CCC(=O)C=N)C(=O)NCc1ccc(Cl)cc1. The molecule has 3 amide bonds. The molecule has 0 radical (unpaired) electrons. The molecule has 29 heavy (non-hydrogen) atoms. The molecule has 0 saturated heterocycles. The third-order valence-corrected chi connectivity index (χ3v) is 4.13. The van der Waals surface area contributed by atoms with Crippen LogP contribution in [0.3, 0.4) is 0 Å². The van der Waals surface area contributed by atoms with E-state index in [-0.39, 0.29) is 26.0 Å². The van der Waals surface area contributed by atoms with Crippen molar-refractivity contribution in [1.29, 1.82) is 5.41 Å². The Bertz CT molecular complexity index is 739. The summed E-state index contributed by atoms with van der Waals surface area (Å²) in [6.45, 7) is 1.38. The molecule has 0 aliphatic rings.